The topological polar surface area (TPSA) is 79.5 Å². The summed E-state index contributed by atoms with van der Waals surface area (Å²) < 4.78 is 5.44. The van der Waals surface area contributed by atoms with Crippen molar-refractivity contribution in [1.29, 1.82) is 0 Å². The number of carbonyl (C=O) groups excluding carboxylic acids is 2. The zero-order valence-electron chi connectivity index (χ0n) is 18.6. The van der Waals surface area contributed by atoms with E-state index < -0.39 is 0 Å². The van der Waals surface area contributed by atoms with Gasteiger partial charge in [-0.25, -0.2) is 4.98 Å². The molecule has 2 fully saturated rings. The molecule has 3 aromatic heterocycles. The number of hydrogen-bond acceptors (Lipinski definition) is 6. The molecule has 0 aliphatic carbocycles. The largest absolute Gasteiger partial charge is 0.343 e. The van der Waals surface area contributed by atoms with Crippen molar-refractivity contribution >= 4 is 34.3 Å². The van der Waals surface area contributed by atoms with E-state index in [0.29, 0.717) is 47.8 Å². The maximum absolute atomic E-state index is 13.5. The van der Waals surface area contributed by atoms with Crippen molar-refractivity contribution < 1.29 is 14.1 Å². The second kappa shape index (κ2) is 8.65. The van der Waals surface area contributed by atoms with E-state index in [1.807, 2.05) is 34.9 Å². The molecule has 32 heavy (non-hydrogen) atoms. The van der Waals surface area contributed by atoms with Gasteiger partial charge >= 0.3 is 0 Å². The van der Waals surface area contributed by atoms with Crippen molar-refractivity contribution in [3.8, 4) is 10.6 Å². The highest BCUT2D eigenvalue weighted by molar-refractivity contribution is 7.15. The Morgan fingerprint density at radius 1 is 1.09 bits per heavy atom. The summed E-state index contributed by atoms with van der Waals surface area (Å²) in [4.78, 5) is 36.8. The number of piperidine rings is 1. The zero-order chi connectivity index (χ0) is 22.2. The van der Waals surface area contributed by atoms with Gasteiger partial charge in [0, 0.05) is 37.5 Å². The lowest BCUT2D eigenvalue weighted by atomic mass is 9.92. The van der Waals surface area contributed by atoms with E-state index in [1.54, 1.807) is 11.3 Å². The summed E-state index contributed by atoms with van der Waals surface area (Å²) in [5.74, 6) is 0.619. The molecule has 0 bridgehead atoms. The lowest BCUT2D eigenvalue weighted by Gasteiger charge is -2.32. The third kappa shape index (κ3) is 4.03. The van der Waals surface area contributed by atoms with Crippen LogP contribution in [-0.2, 0) is 4.79 Å². The number of hydrogen-bond donors (Lipinski definition) is 0. The van der Waals surface area contributed by atoms with Gasteiger partial charge in [0.2, 0.25) is 5.91 Å². The van der Waals surface area contributed by atoms with E-state index in [1.165, 1.54) is 4.88 Å². The van der Waals surface area contributed by atoms with Crippen LogP contribution in [0.15, 0.2) is 22.7 Å². The molecule has 5 rings (SSSR count). The van der Waals surface area contributed by atoms with Crippen molar-refractivity contribution in [3.63, 3.8) is 0 Å². The fraction of sp³-hybridized carbons (Fsp3) is 0.500. The molecule has 0 N–H and O–H groups in total. The Morgan fingerprint density at radius 3 is 2.53 bits per heavy atom. The lowest BCUT2D eigenvalue weighted by Crippen LogP contribution is -2.40. The smallest absolute Gasteiger partial charge is 0.259 e. The maximum Gasteiger partial charge on any atom is 0.259 e. The molecule has 0 saturated carbocycles. The molecule has 0 spiro atoms. The van der Waals surface area contributed by atoms with Crippen LogP contribution in [0.4, 0.5) is 0 Å². The number of amides is 2. The molecule has 5 heterocycles. The fourth-order valence-electron chi connectivity index (χ4n) is 4.81. The predicted octanol–water partition coefficient (Wildman–Crippen LogP) is 4.43. The summed E-state index contributed by atoms with van der Waals surface area (Å²) in [6.45, 7) is 7.03. The molecule has 2 aliphatic heterocycles. The minimum atomic E-state index is -0.0115. The fourth-order valence-corrected chi connectivity index (χ4v) is 5.64. The summed E-state index contributed by atoms with van der Waals surface area (Å²) >= 11 is 1.64. The minimum absolute atomic E-state index is 0.0115. The van der Waals surface area contributed by atoms with Crippen LogP contribution in [0.3, 0.4) is 0 Å². The molecule has 0 aromatic carbocycles. The monoisotopic (exact) mass is 452 g/mol. The van der Waals surface area contributed by atoms with Crippen LogP contribution in [0.1, 0.15) is 53.0 Å². The van der Waals surface area contributed by atoms with Gasteiger partial charge in [-0.15, -0.1) is 11.3 Å². The molecule has 0 radical (unpaired) electrons. The van der Waals surface area contributed by atoms with Crippen LogP contribution < -0.4 is 0 Å². The summed E-state index contributed by atoms with van der Waals surface area (Å²) in [5.41, 5.74) is 2.42. The second-order valence-electron chi connectivity index (χ2n) is 8.94. The first-order chi connectivity index (χ1) is 15.5. The SMILES string of the molecule is Cc1ccc(-c2cc(C(=O)N3CCC(CC(=O)N4CCCC4)CC3)c3c(C)noc3n2)s1. The van der Waals surface area contributed by atoms with Gasteiger partial charge in [0.15, 0.2) is 0 Å². The Kier molecular flexibility index (Phi) is 5.71. The number of aromatic nitrogens is 2. The number of aryl methyl sites for hydroxylation is 2. The Morgan fingerprint density at radius 2 is 1.84 bits per heavy atom. The van der Waals surface area contributed by atoms with Crippen molar-refractivity contribution in [2.45, 2.75) is 46.0 Å². The van der Waals surface area contributed by atoms with E-state index in [-0.39, 0.29) is 11.8 Å². The van der Waals surface area contributed by atoms with E-state index in [2.05, 4.69) is 17.1 Å². The number of likely N-dealkylation sites (tertiary alicyclic amines) is 2. The first-order valence-electron chi connectivity index (χ1n) is 11.4. The summed E-state index contributed by atoms with van der Waals surface area (Å²) in [6, 6.07) is 5.95. The van der Waals surface area contributed by atoms with Crippen molar-refractivity contribution in [2.24, 2.45) is 5.92 Å². The van der Waals surface area contributed by atoms with E-state index in [4.69, 9.17) is 4.52 Å². The molecule has 8 heteroatoms. The predicted molar refractivity (Wildman–Crippen MR) is 124 cm³/mol. The minimum Gasteiger partial charge on any atom is -0.343 e. The summed E-state index contributed by atoms with van der Waals surface area (Å²) in [7, 11) is 0. The number of thiophene rings is 1. The van der Waals surface area contributed by atoms with Gasteiger partial charge in [-0.2, -0.15) is 0 Å². The normalized spacial score (nSPS) is 17.4. The number of fused-ring (bicyclic) bond motifs is 1. The highest BCUT2D eigenvalue weighted by Gasteiger charge is 2.29. The first kappa shape index (κ1) is 21.1. The molecule has 2 aliphatic rings. The number of nitrogens with zero attached hydrogens (tertiary/aromatic N) is 4. The van der Waals surface area contributed by atoms with E-state index >= 15 is 0 Å². The quantitative estimate of drug-likeness (QED) is 0.585. The van der Waals surface area contributed by atoms with Crippen molar-refractivity contribution in [3.05, 3.63) is 34.3 Å². The Hall–Kier alpha value is -2.74. The zero-order valence-corrected chi connectivity index (χ0v) is 19.4. The lowest BCUT2D eigenvalue weighted by molar-refractivity contribution is -0.131. The van der Waals surface area contributed by atoms with Crippen LogP contribution in [0.5, 0.6) is 0 Å². The van der Waals surface area contributed by atoms with Gasteiger partial charge in [0.1, 0.15) is 0 Å². The van der Waals surface area contributed by atoms with E-state index in [0.717, 1.165) is 49.3 Å². The number of pyridine rings is 1. The third-order valence-electron chi connectivity index (χ3n) is 6.66. The van der Waals surface area contributed by atoms with Crippen LogP contribution >= 0.6 is 11.3 Å². The molecule has 3 aromatic rings. The second-order valence-corrected chi connectivity index (χ2v) is 10.2. The average molecular weight is 453 g/mol. The Balaban J connectivity index is 1.33. The van der Waals surface area contributed by atoms with Crippen LogP contribution in [0, 0.1) is 19.8 Å². The third-order valence-corrected chi connectivity index (χ3v) is 7.69. The standard InChI is InChI=1S/C24H28N4O3S/c1-15-5-6-20(32-15)19-14-18(22-16(2)26-31-23(22)25-19)24(30)28-11-7-17(8-12-28)13-21(29)27-9-3-4-10-27/h5-6,14,17H,3-4,7-13H2,1-2H3. The first-order valence-corrected chi connectivity index (χ1v) is 12.2. The number of carbonyl (C=O) groups is 2. The van der Waals surface area contributed by atoms with E-state index in [9.17, 15) is 9.59 Å². The Bertz CT molecular complexity index is 1150. The molecule has 0 atom stereocenters. The summed E-state index contributed by atoms with van der Waals surface area (Å²) in [6.07, 6.45) is 4.56. The molecule has 168 valence electrons. The van der Waals surface area contributed by atoms with Gasteiger partial charge in [-0.3, -0.25) is 9.59 Å². The molecular formula is C24H28N4O3S. The van der Waals surface area contributed by atoms with Crippen molar-refractivity contribution in [1.82, 2.24) is 19.9 Å². The van der Waals surface area contributed by atoms with Crippen LogP contribution in [0.2, 0.25) is 0 Å². The molecular weight excluding hydrogens is 424 g/mol. The van der Waals surface area contributed by atoms with Gasteiger partial charge in [-0.1, -0.05) is 5.16 Å². The Labute approximate surface area is 191 Å². The average Bonchev–Trinajstić information content (AvgIpc) is 3.55. The van der Waals surface area contributed by atoms with Gasteiger partial charge in [0.05, 0.1) is 27.2 Å². The van der Waals surface area contributed by atoms with Crippen molar-refractivity contribution in [2.75, 3.05) is 26.2 Å². The summed E-state index contributed by atoms with van der Waals surface area (Å²) in [5, 5.41) is 4.75. The molecule has 0 unspecified atom stereocenters. The van der Waals surface area contributed by atoms with Gasteiger partial charge in [0.25, 0.3) is 11.6 Å². The highest BCUT2D eigenvalue weighted by atomic mass is 32.1. The maximum atomic E-state index is 13.5. The highest BCUT2D eigenvalue weighted by Crippen LogP contribution is 2.32. The van der Waals surface area contributed by atoms with Gasteiger partial charge in [-0.05, 0) is 63.6 Å². The van der Waals surface area contributed by atoms with Gasteiger partial charge < -0.3 is 14.3 Å². The molecule has 7 nitrogen and oxygen atoms in total. The molecule has 2 amide bonds. The van der Waals surface area contributed by atoms with Crippen LogP contribution in [0.25, 0.3) is 21.7 Å². The van der Waals surface area contributed by atoms with Crippen LogP contribution in [-0.4, -0.2) is 57.9 Å². The molecule has 2 saturated heterocycles. The number of rotatable bonds is 4.